The minimum Gasteiger partial charge on any atom is -0.349 e. The van der Waals surface area contributed by atoms with Gasteiger partial charge in [-0.25, -0.2) is 4.98 Å². The maximum atomic E-state index is 11.5. The Morgan fingerprint density at radius 2 is 2.53 bits per heavy atom. The molecule has 1 saturated heterocycles. The number of aryl methyl sites for hydroxylation is 1. The Morgan fingerprint density at radius 3 is 3.07 bits per heavy atom. The van der Waals surface area contributed by atoms with Gasteiger partial charge in [0.2, 0.25) is 5.91 Å². The van der Waals surface area contributed by atoms with Crippen LogP contribution in [0.15, 0.2) is 12.4 Å². The highest BCUT2D eigenvalue weighted by atomic mass is 16.1. The minimum atomic E-state index is 0.115. The third kappa shape index (κ3) is 2.56. The molecule has 1 aliphatic heterocycles. The second kappa shape index (κ2) is 4.44. The van der Waals surface area contributed by atoms with Crippen molar-refractivity contribution in [2.75, 3.05) is 13.1 Å². The molecule has 0 aliphatic carbocycles. The number of hydrogen-bond acceptors (Lipinski definition) is 3. The molecule has 5 heteroatoms. The van der Waals surface area contributed by atoms with E-state index < -0.39 is 0 Å². The first kappa shape index (κ1) is 10.2. The fourth-order valence-corrected chi connectivity index (χ4v) is 1.57. The first-order valence-electron chi connectivity index (χ1n) is 5.19. The molecule has 0 bridgehead atoms. The van der Waals surface area contributed by atoms with E-state index in [-0.39, 0.29) is 5.91 Å². The first-order valence-corrected chi connectivity index (χ1v) is 5.19. The van der Waals surface area contributed by atoms with Crippen LogP contribution in [0.4, 0.5) is 0 Å². The molecule has 1 aromatic rings. The lowest BCUT2D eigenvalue weighted by Crippen LogP contribution is -2.44. The number of aromatic nitrogens is 2. The third-order valence-corrected chi connectivity index (χ3v) is 2.70. The van der Waals surface area contributed by atoms with Crippen LogP contribution in [-0.4, -0.2) is 28.5 Å². The molecule has 1 aromatic heterocycles. The highest BCUT2D eigenvalue weighted by Gasteiger charge is 2.19. The molecular weight excluding hydrogens is 192 g/mol. The van der Waals surface area contributed by atoms with E-state index in [9.17, 15) is 4.79 Å². The molecule has 0 atom stereocenters. The predicted molar refractivity (Wildman–Crippen MR) is 56.0 cm³/mol. The Kier molecular flexibility index (Phi) is 3.01. The van der Waals surface area contributed by atoms with Crippen molar-refractivity contribution in [3.8, 4) is 0 Å². The standard InChI is InChI=1S/C10H16N4O/c1-14-3-2-12-9(14)7-13-10(15)4-8-5-11-6-8/h2-3,8,11H,4-7H2,1H3,(H,13,15). The monoisotopic (exact) mass is 208 g/mol. The summed E-state index contributed by atoms with van der Waals surface area (Å²) in [4.78, 5) is 15.6. The van der Waals surface area contributed by atoms with Crippen molar-refractivity contribution in [2.24, 2.45) is 13.0 Å². The largest absolute Gasteiger partial charge is 0.349 e. The smallest absolute Gasteiger partial charge is 0.220 e. The van der Waals surface area contributed by atoms with Gasteiger partial charge in [0, 0.05) is 25.9 Å². The number of hydrogen-bond donors (Lipinski definition) is 2. The summed E-state index contributed by atoms with van der Waals surface area (Å²) in [6, 6.07) is 0. The predicted octanol–water partition coefficient (Wildman–Crippen LogP) is -0.354. The molecule has 0 saturated carbocycles. The molecule has 0 spiro atoms. The first-order chi connectivity index (χ1) is 7.25. The molecule has 0 unspecified atom stereocenters. The molecule has 1 amide bonds. The van der Waals surface area contributed by atoms with E-state index >= 15 is 0 Å². The van der Waals surface area contributed by atoms with Gasteiger partial charge in [-0.2, -0.15) is 0 Å². The third-order valence-electron chi connectivity index (χ3n) is 2.70. The zero-order chi connectivity index (χ0) is 10.7. The van der Waals surface area contributed by atoms with Crippen molar-refractivity contribution in [3.63, 3.8) is 0 Å². The van der Waals surface area contributed by atoms with Gasteiger partial charge in [-0.3, -0.25) is 4.79 Å². The highest BCUT2D eigenvalue weighted by Crippen LogP contribution is 2.07. The summed E-state index contributed by atoms with van der Waals surface area (Å²) < 4.78 is 1.91. The van der Waals surface area contributed by atoms with Crippen LogP contribution in [0.25, 0.3) is 0 Å². The molecule has 1 aliphatic rings. The van der Waals surface area contributed by atoms with Crippen LogP contribution >= 0.6 is 0 Å². The van der Waals surface area contributed by atoms with Crippen LogP contribution in [0.1, 0.15) is 12.2 Å². The van der Waals surface area contributed by atoms with Gasteiger partial charge in [0.25, 0.3) is 0 Å². The van der Waals surface area contributed by atoms with Crippen molar-refractivity contribution >= 4 is 5.91 Å². The number of carbonyl (C=O) groups is 1. The Morgan fingerprint density at radius 1 is 1.73 bits per heavy atom. The summed E-state index contributed by atoms with van der Waals surface area (Å²) in [5.41, 5.74) is 0. The number of imidazole rings is 1. The lowest BCUT2D eigenvalue weighted by atomic mass is 9.99. The van der Waals surface area contributed by atoms with Crippen LogP contribution in [0.2, 0.25) is 0 Å². The van der Waals surface area contributed by atoms with Crippen LogP contribution in [-0.2, 0) is 18.4 Å². The normalized spacial score (nSPS) is 16.1. The number of nitrogens with zero attached hydrogens (tertiary/aromatic N) is 2. The van der Waals surface area contributed by atoms with E-state index in [4.69, 9.17) is 0 Å². The molecule has 2 N–H and O–H groups in total. The SMILES string of the molecule is Cn1ccnc1CNC(=O)CC1CNC1. The summed E-state index contributed by atoms with van der Waals surface area (Å²) in [7, 11) is 1.92. The summed E-state index contributed by atoms with van der Waals surface area (Å²) in [6.07, 6.45) is 4.23. The van der Waals surface area contributed by atoms with Gasteiger partial charge >= 0.3 is 0 Å². The van der Waals surface area contributed by atoms with Crippen molar-refractivity contribution in [3.05, 3.63) is 18.2 Å². The van der Waals surface area contributed by atoms with Gasteiger partial charge in [0.1, 0.15) is 5.82 Å². The molecular formula is C10H16N4O. The van der Waals surface area contributed by atoms with Crippen LogP contribution in [0.5, 0.6) is 0 Å². The van der Waals surface area contributed by atoms with Crippen molar-refractivity contribution in [1.29, 1.82) is 0 Å². The summed E-state index contributed by atoms with van der Waals surface area (Å²) in [5.74, 6) is 1.52. The molecule has 15 heavy (non-hydrogen) atoms. The van der Waals surface area contributed by atoms with E-state index in [1.165, 1.54) is 0 Å². The molecule has 5 nitrogen and oxygen atoms in total. The van der Waals surface area contributed by atoms with E-state index in [1.807, 2.05) is 17.8 Å². The van der Waals surface area contributed by atoms with Crippen LogP contribution in [0, 0.1) is 5.92 Å². The van der Waals surface area contributed by atoms with Gasteiger partial charge in [-0.15, -0.1) is 0 Å². The fourth-order valence-electron chi connectivity index (χ4n) is 1.57. The zero-order valence-corrected chi connectivity index (χ0v) is 8.86. The Balaban J connectivity index is 1.73. The second-order valence-corrected chi connectivity index (χ2v) is 3.96. The molecule has 0 aromatic carbocycles. The lowest BCUT2D eigenvalue weighted by Gasteiger charge is -2.26. The second-order valence-electron chi connectivity index (χ2n) is 3.96. The average Bonchev–Trinajstić information content (AvgIpc) is 2.55. The van der Waals surface area contributed by atoms with Gasteiger partial charge in [0.15, 0.2) is 0 Å². The van der Waals surface area contributed by atoms with Gasteiger partial charge in [-0.1, -0.05) is 0 Å². The van der Waals surface area contributed by atoms with Crippen LogP contribution < -0.4 is 10.6 Å². The van der Waals surface area contributed by atoms with Gasteiger partial charge in [0.05, 0.1) is 6.54 Å². The van der Waals surface area contributed by atoms with E-state index in [0.29, 0.717) is 18.9 Å². The number of carbonyl (C=O) groups excluding carboxylic acids is 1. The summed E-state index contributed by atoms with van der Waals surface area (Å²) in [6.45, 7) is 2.45. The highest BCUT2D eigenvalue weighted by molar-refractivity contribution is 5.76. The van der Waals surface area contributed by atoms with Crippen molar-refractivity contribution in [1.82, 2.24) is 20.2 Å². The maximum absolute atomic E-state index is 11.5. The molecule has 2 rings (SSSR count). The summed E-state index contributed by atoms with van der Waals surface area (Å²) in [5, 5.41) is 6.02. The van der Waals surface area contributed by atoms with Gasteiger partial charge < -0.3 is 15.2 Å². The van der Waals surface area contributed by atoms with E-state index in [0.717, 1.165) is 18.9 Å². The quantitative estimate of drug-likeness (QED) is 0.711. The van der Waals surface area contributed by atoms with Crippen molar-refractivity contribution in [2.45, 2.75) is 13.0 Å². The molecule has 1 fully saturated rings. The Hall–Kier alpha value is -1.36. The number of amides is 1. The summed E-state index contributed by atoms with van der Waals surface area (Å²) >= 11 is 0. The van der Waals surface area contributed by atoms with E-state index in [2.05, 4.69) is 15.6 Å². The lowest BCUT2D eigenvalue weighted by molar-refractivity contribution is -0.122. The number of nitrogens with one attached hydrogen (secondary N) is 2. The molecule has 2 heterocycles. The Labute approximate surface area is 88.9 Å². The number of rotatable bonds is 4. The topological polar surface area (TPSA) is 59.0 Å². The Bertz CT molecular complexity index is 343. The minimum absolute atomic E-state index is 0.115. The van der Waals surface area contributed by atoms with Crippen molar-refractivity contribution < 1.29 is 4.79 Å². The fraction of sp³-hybridized carbons (Fsp3) is 0.600. The van der Waals surface area contributed by atoms with E-state index in [1.54, 1.807) is 6.20 Å². The molecule has 82 valence electrons. The molecule has 0 radical (unpaired) electrons. The van der Waals surface area contributed by atoms with Gasteiger partial charge in [-0.05, 0) is 19.0 Å². The maximum Gasteiger partial charge on any atom is 0.220 e. The average molecular weight is 208 g/mol. The van der Waals surface area contributed by atoms with Crippen LogP contribution in [0.3, 0.4) is 0 Å². The zero-order valence-electron chi connectivity index (χ0n) is 8.86.